The molecule has 0 fully saturated rings. The van der Waals surface area contributed by atoms with E-state index in [4.69, 9.17) is 21.1 Å². The number of halogens is 1. The van der Waals surface area contributed by atoms with Crippen molar-refractivity contribution in [2.24, 2.45) is 0 Å². The fraction of sp³-hybridized carbons (Fsp3) is 0.263. The van der Waals surface area contributed by atoms with Crippen molar-refractivity contribution >= 4 is 29.2 Å². The molecule has 1 amide bonds. The van der Waals surface area contributed by atoms with E-state index in [1.807, 2.05) is 37.3 Å². The first-order valence-electron chi connectivity index (χ1n) is 7.83. The average molecular weight is 362 g/mol. The number of para-hydroxylation sites is 1. The van der Waals surface area contributed by atoms with Crippen molar-refractivity contribution in [3.8, 4) is 5.75 Å². The molecule has 0 unspecified atom stereocenters. The smallest absolute Gasteiger partial charge is 0.306 e. The van der Waals surface area contributed by atoms with E-state index in [-0.39, 0.29) is 13.0 Å². The van der Waals surface area contributed by atoms with Crippen LogP contribution in [0.1, 0.15) is 17.5 Å². The van der Waals surface area contributed by atoms with E-state index >= 15 is 0 Å². The monoisotopic (exact) mass is 361 g/mol. The molecule has 6 heteroatoms. The third-order valence-electron chi connectivity index (χ3n) is 3.55. The maximum absolute atomic E-state index is 11.9. The summed E-state index contributed by atoms with van der Waals surface area (Å²) in [6.45, 7) is 1.55. The Kier molecular flexibility index (Phi) is 6.83. The zero-order valence-electron chi connectivity index (χ0n) is 14.2. The van der Waals surface area contributed by atoms with Crippen LogP contribution in [0, 0.1) is 6.92 Å². The Morgan fingerprint density at radius 1 is 1.16 bits per heavy atom. The van der Waals surface area contributed by atoms with E-state index in [2.05, 4.69) is 5.32 Å². The number of amides is 1. The number of aryl methyl sites for hydroxylation is 2. The lowest BCUT2D eigenvalue weighted by atomic mass is 10.1. The second-order valence-corrected chi connectivity index (χ2v) is 5.91. The number of esters is 1. The minimum atomic E-state index is -0.448. The molecule has 2 aromatic rings. The number of rotatable bonds is 7. The molecule has 0 aliphatic rings. The Balaban J connectivity index is 1.78. The lowest BCUT2D eigenvalue weighted by Crippen LogP contribution is -2.21. The lowest BCUT2D eigenvalue weighted by Gasteiger charge is -2.09. The quantitative estimate of drug-likeness (QED) is 0.762. The van der Waals surface area contributed by atoms with Crippen molar-refractivity contribution in [2.75, 3.05) is 19.0 Å². The molecule has 5 nitrogen and oxygen atoms in total. The van der Waals surface area contributed by atoms with E-state index in [0.717, 1.165) is 16.9 Å². The minimum Gasteiger partial charge on any atom is -0.496 e. The van der Waals surface area contributed by atoms with Crippen LogP contribution in [0.4, 0.5) is 5.69 Å². The fourth-order valence-electron chi connectivity index (χ4n) is 2.27. The van der Waals surface area contributed by atoms with Gasteiger partial charge in [0.15, 0.2) is 6.61 Å². The molecule has 0 aromatic heterocycles. The first-order chi connectivity index (χ1) is 12.0. The van der Waals surface area contributed by atoms with Crippen LogP contribution in [0.15, 0.2) is 42.5 Å². The van der Waals surface area contributed by atoms with Gasteiger partial charge in [-0.3, -0.25) is 9.59 Å². The van der Waals surface area contributed by atoms with Crippen molar-refractivity contribution in [3.63, 3.8) is 0 Å². The van der Waals surface area contributed by atoms with E-state index < -0.39 is 11.9 Å². The number of hydrogen-bond donors (Lipinski definition) is 1. The molecule has 25 heavy (non-hydrogen) atoms. The summed E-state index contributed by atoms with van der Waals surface area (Å²) in [6, 6.07) is 12.7. The average Bonchev–Trinajstić information content (AvgIpc) is 2.60. The van der Waals surface area contributed by atoms with Gasteiger partial charge in [0.05, 0.1) is 17.8 Å². The lowest BCUT2D eigenvalue weighted by molar-refractivity contribution is -0.147. The number of carbonyl (C=O) groups excluding carboxylic acids is 2. The molecule has 0 saturated carbocycles. The summed E-state index contributed by atoms with van der Waals surface area (Å²) in [5, 5.41) is 3.06. The number of carbonyl (C=O) groups is 2. The highest BCUT2D eigenvalue weighted by atomic mass is 35.5. The van der Waals surface area contributed by atoms with Gasteiger partial charge in [-0.15, -0.1) is 0 Å². The molecule has 0 atom stereocenters. The molecule has 0 spiro atoms. The summed E-state index contributed by atoms with van der Waals surface area (Å²) >= 11 is 6.05. The van der Waals surface area contributed by atoms with E-state index in [9.17, 15) is 9.59 Å². The van der Waals surface area contributed by atoms with Gasteiger partial charge in [-0.2, -0.15) is 0 Å². The molecule has 2 aromatic carbocycles. The van der Waals surface area contributed by atoms with Crippen molar-refractivity contribution in [1.82, 2.24) is 0 Å². The second kappa shape index (κ2) is 9.08. The molecule has 132 valence electrons. The predicted octanol–water partition coefficient (Wildman–Crippen LogP) is 3.77. The number of ether oxygens (including phenoxy) is 2. The molecule has 0 aliphatic heterocycles. The molecule has 1 N–H and O–H groups in total. The van der Waals surface area contributed by atoms with Crippen LogP contribution < -0.4 is 10.1 Å². The van der Waals surface area contributed by atoms with Crippen molar-refractivity contribution in [3.05, 3.63) is 58.6 Å². The second-order valence-electron chi connectivity index (χ2n) is 5.50. The SMILES string of the molecule is COc1ccccc1CCC(=O)OCC(=O)Nc1ccc(C)cc1Cl. The Morgan fingerprint density at radius 2 is 1.92 bits per heavy atom. The maximum atomic E-state index is 11.9. The molecule has 0 aliphatic carbocycles. The summed E-state index contributed by atoms with van der Waals surface area (Å²) in [5.74, 6) is -0.158. The number of hydrogen-bond acceptors (Lipinski definition) is 4. The van der Waals surface area contributed by atoms with Gasteiger partial charge >= 0.3 is 5.97 Å². The van der Waals surface area contributed by atoms with Crippen molar-refractivity contribution in [2.45, 2.75) is 19.8 Å². The minimum absolute atomic E-state index is 0.166. The van der Waals surface area contributed by atoms with Gasteiger partial charge in [0.2, 0.25) is 0 Å². The van der Waals surface area contributed by atoms with Gasteiger partial charge in [0.1, 0.15) is 5.75 Å². The summed E-state index contributed by atoms with van der Waals surface area (Å²) < 4.78 is 10.2. The Hall–Kier alpha value is -2.53. The van der Waals surface area contributed by atoms with Crippen LogP contribution in [0.3, 0.4) is 0 Å². The van der Waals surface area contributed by atoms with Crippen molar-refractivity contribution in [1.29, 1.82) is 0 Å². The van der Waals surface area contributed by atoms with Gasteiger partial charge in [0.25, 0.3) is 5.91 Å². The molecule has 2 rings (SSSR count). The third kappa shape index (κ3) is 5.80. The Bertz CT molecular complexity index is 761. The number of anilines is 1. The van der Waals surface area contributed by atoms with E-state index in [1.54, 1.807) is 19.2 Å². The van der Waals surface area contributed by atoms with Crippen LogP contribution in [-0.2, 0) is 20.7 Å². The standard InChI is InChI=1S/C19H20ClNO4/c1-13-7-9-16(15(20)11-13)21-18(22)12-25-19(23)10-8-14-5-3-4-6-17(14)24-2/h3-7,9,11H,8,10,12H2,1-2H3,(H,21,22). The third-order valence-corrected chi connectivity index (χ3v) is 3.87. The van der Waals surface area contributed by atoms with Gasteiger partial charge in [0, 0.05) is 6.42 Å². The van der Waals surface area contributed by atoms with Gasteiger partial charge < -0.3 is 14.8 Å². The number of nitrogens with one attached hydrogen (secondary N) is 1. The first kappa shape index (κ1) is 18.8. The topological polar surface area (TPSA) is 64.6 Å². The molecular weight excluding hydrogens is 342 g/mol. The van der Waals surface area contributed by atoms with Crippen LogP contribution in [0.25, 0.3) is 0 Å². The van der Waals surface area contributed by atoms with Crippen LogP contribution in [0.2, 0.25) is 5.02 Å². The van der Waals surface area contributed by atoms with Crippen LogP contribution >= 0.6 is 11.6 Å². The Morgan fingerprint density at radius 3 is 2.64 bits per heavy atom. The highest BCUT2D eigenvalue weighted by Crippen LogP contribution is 2.22. The van der Waals surface area contributed by atoms with Crippen LogP contribution in [-0.4, -0.2) is 25.6 Å². The predicted molar refractivity (Wildman–Crippen MR) is 97.1 cm³/mol. The van der Waals surface area contributed by atoms with Crippen LogP contribution in [0.5, 0.6) is 5.75 Å². The first-order valence-corrected chi connectivity index (χ1v) is 8.21. The largest absolute Gasteiger partial charge is 0.496 e. The highest BCUT2D eigenvalue weighted by molar-refractivity contribution is 6.33. The van der Waals surface area contributed by atoms with Crippen molar-refractivity contribution < 1.29 is 19.1 Å². The van der Waals surface area contributed by atoms with E-state index in [1.165, 1.54) is 0 Å². The summed E-state index contributed by atoms with van der Waals surface area (Å²) in [5.41, 5.74) is 2.39. The maximum Gasteiger partial charge on any atom is 0.306 e. The zero-order valence-corrected chi connectivity index (χ0v) is 14.9. The number of methoxy groups -OCH3 is 1. The molecule has 0 radical (unpaired) electrons. The zero-order chi connectivity index (χ0) is 18.2. The van der Waals surface area contributed by atoms with Gasteiger partial charge in [-0.05, 0) is 42.7 Å². The summed E-state index contributed by atoms with van der Waals surface area (Å²) in [4.78, 5) is 23.7. The number of benzene rings is 2. The molecular formula is C19H20ClNO4. The Labute approximate surface area is 151 Å². The normalized spacial score (nSPS) is 10.2. The van der Waals surface area contributed by atoms with Gasteiger partial charge in [-0.25, -0.2) is 0 Å². The molecule has 0 bridgehead atoms. The summed E-state index contributed by atoms with van der Waals surface area (Å²) in [7, 11) is 1.58. The van der Waals surface area contributed by atoms with E-state index in [0.29, 0.717) is 17.1 Å². The van der Waals surface area contributed by atoms with Gasteiger partial charge in [-0.1, -0.05) is 35.9 Å². The highest BCUT2D eigenvalue weighted by Gasteiger charge is 2.11. The summed E-state index contributed by atoms with van der Waals surface area (Å²) in [6.07, 6.45) is 0.646. The molecule has 0 saturated heterocycles. The fourth-order valence-corrected chi connectivity index (χ4v) is 2.55. The molecule has 0 heterocycles.